The predicted octanol–water partition coefficient (Wildman–Crippen LogP) is 3.44. The second kappa shape index (κ2) is 8.94. The minimum absolute atomic E-state index is 0.0247. The predicted molar refractivity (Wildman–Crippen MR) is 118 cm³/mol. The van der Waals surface area contributed by atoms with Crippen LogP contribution in [0.25, 0.3) is 0 Å². The van der Waals surface area contributed by atoms with Crippen molar-refractivity contribution in [3.8, 4) is 5.75 Å². The number of nitro benzene ring substituents is 1. The Morgan fingerprint density at radius 3 is 2.26 bits per heavy atom. The van der Waals surface area contributed by atoms with Gasteiger partial charge >= 0.3 is 5.97 Å². The zero-order chi connectivity index (χ0) is 24.4. The topological polar surface area (TPSA) is 133 Å². The number of carbonyl (C=O) groups is 4. The van der Waals surface area contributed by atoms with Crippen LogP contribution in [-0.2, 0) is 4.74 Å². The Labute approximate surface area is 192 Å². The number of carbonyl (C=O) groups excluding carboxylic acids is 4. The Bertz CT molecular complexity index is 1350. The van der Waals surface area contributed by atoms with Crippen molar-refractivity contribution < 1.29 is 33.6 Å². The van der Waals surface area contributed by atoms with Crippen molar-refractivity contribution in [1.82, 2.24) is 0 Å². The largest absolute Gasteiger partial charge is 0.497 e. The molecule has 0 bridgehead atoms. The molecule has 1 aliphatic heterocycles. The molecule has 0 N–H and O–H groups in total. The number of anilines is 1. The first-order valence-electron chi connectivity index (χ1n) is 9.92. The molecule has 10 heteroatoms. The summed E-state index contributed by atoms with van der Waals surface area (Å²) < 4.78 is 10.1. The normalized spacial score (nSPS) is 12.3. The van der Waals surface area contributed by atoms with E-state index in [-0.39, 0.29) is 28.1 Å². The fourth-order valence-electron chi connectivity index (χ4n) is 3.42. The van der Waals surface area contributed by atoms with Crippen LogP contribution >= 0.6 is 0 Å². The summed E-state index contributed by atoms with van der Waals surface area (Å²) in [6.45, 7) is -0.519. The number of hydrogen-bond acceptors (Lipinski definition) is 8. The number of fused-ring (bicyclic) bond motifs is 1. The van der Waals surface area contributed by atoms with Gasteiger partial charge in [-0.15, -0.1) is 0 Å². The summed E-state index contributed by atoms with van der Waals surface area (Å²) in [4.78, 5) is 61.6. The van der Waals surface area contributed by atoms with Crippen molar-refractivity contribution in [2.75, 3.05) is 18.6 Å². The Morgan fingerprint density at radius 2 is 1.59 bits per heavy atom. The lowest BCUT2D eigenvalue weighted by atomic mass is 10.1. The number of ether oxygens (including phenoxy) is 2. The van der Waals surface area contributed by atoms with Gasteiger partial charge in [-0.05, 0) is 48.5 Å². The lowest BCUT2D eigenvalue weighted by molar-refractivity contribution is -0.384. The van der Waals surface area contributed by atoms with E-state index in [4.69, 9.17) is 9.47 Å². The molecule has 1 aliphatic rings. The Balaban J connectivity index is 1.50. The van der Waals surface area contributed by atoms with Crippen molar-refractivity contribution in [2.45, 2.75) is 0 Å². The Kier molecular flexibility index (Phi) is 5.88. The zero-order valence-corrected chi connectivity index (χ0v) is 17.7. The lowest BCUT2D eigenvalue weighted by Gasteiger charge is -2.13. The summed E-state index contributed by atoms with van der Waals surface area (Å²) >= 11 is 0. The second-order valence-corrected chi connectivity index (χ2v) is 7.21. The van der Waals surface area contributed by atoms with Crippen molar-refractivity contribution >= 4 is 34.9 Å². The molecule has 3 aromatic carbocycles. The van der Waals surface area contributed by atoms with E-state index in [1.165, 1.54) is 55.6 Å². The third kappa shape index (κ3) is 4.11. The quantitative estimate of drug-likeness (QED) is 0.172. The standard InChI is InChI=1S/C24H16N2O8/c1-33-18-8-5-14(6-9-18)21(27)13-34-24(30)15-7-10-19-20(11-15)23(29)25(22(19)28)16-3-2-4-17(12-16)26(31)32/h2-12H,13H2,1H3. The molecule has 0 fully saturated rings. The fourth-order valence-corrected chi connectivity index (χ4v) is 3.42. The molecule has 4 rings (SSSR count). The first-order valence-corrected chi connectivity index (χ1v) is 9.92. The van der Waals surface area contributed by atoms with E-state index < -0.39 is 35.1 Å². The van der Waals surface area contributed by atoms with Crippen LogP contribution in [0.3, 0.4) is 0 Å². The van der Waals surface area contributed by atoms with Crippen LogP contribution in [0.2, 0.25) is 0 Å². The van der Waals surface area contributed by atoms with Crippen molar-refractivity contribution in [2.24, 2.45) is 0 Å². The number of nitrogens with zero attached hydrogens (tertiary/aromatic N) is 2. The van der Waals surface area contributed by atoms with E-state index in [9.17, 15) is 29.3 Å². The maximum Gasteiger partial charge on any atom is 0.338 e. The molecule has 0 unspecified atom stereocenters. The molecule has 0 aliphatic carbocycles. The molecule has 0 saturated carbocycles. The molecule has 2 amide bonds. The van der Waals surface area contributed by atoms with Gasteiger partial charge in [0.1, 0.15) is 5.75 Å². The van der Waals surface area contributed by atoms with Crippen molar-refractivity contribution in [3.05, 3.63) is 99.1 Å². The minimum atomic E-state index is -0.848. The van der Waals surface area contributed by atoms with Gasteiger partial charge in [0.05, 0.1) is 34.4 Å². The van der Waals surface area contributed by atoms with E-state index in [1.54, 1.807) is 12.1 Å². The van der Waals surface area contributed by atoms with Crippen LogP contribution in [-0.4, -0.2) is 42.2 Å². The number of ketones is 1. The number of imide groups is 1. The SMILES string of the molecule is COc1ccc(C(=O)COC(=O)c2ccc3c(c2)C(=O)N(c2cccc([N+](=O)[O-])c2)C3=O)cc1. The Hall–Kier alpha value is -4.86. The van der Waals surface area contributed by atoms with Gasteiger partial charge in [0.25, 0.3) is 17.5 Å². The molecule has 0 aromatic heterocycles. The van der Waals surface area contributed by atoms with Gasteiger partial charge in [0.15, 0.2) is 12.4 Å². The highest BCUT2D eigenvalue weighted by atomic mass is 16.6. The lowest BCUT2D eigenvalue weighted by Crippen LogP contribution is -2.29. The Morgan fingerprint density at radius 1 is 0.912 bits per heavy atom. The summed E-state index contributed by atoms with van der Waals surface area (Å²) in [5, 5.41) is 11.0. The summed E-state index contributed by atoms with van der Waals surface area (Å²) in [7, 11) is 1.50. The number of methoxy groups -OCH3 is 1. The number of rotatable bonds is 7. The summed E-state index contributed by atoms with van der Waals surface area (Å²) in [5.74, 6) is -2.11. The molecule has 0 radical (unpaired) electrons. The molecule has 0 saturated heterocycles. The smallest absolute Gasteiger partial charge is 0.338 e. The summed E-state index contributed by atoms with van der Waals surface area (Å²) in [5.41, 5.74) is 0.0588. The second-order valence-electron chi connectivity index (χ2n) is 7.21. The highest BCUT2D eigenvalue weighted by molar-refractivity contribution is 6.34. The number of Topliss-reactive ketones (excluding diaryl/α,β-unsaturated/α-hetero) is 1. The number of nitro groups is 1. The number of esters is 1. The summed E-state index contributed by atoms with van der Waals surface area (Å²) in [6, 6.07) is 15.2. The third-order valence-electron chi connectivity index (χ3n) is 5.17. The molecule has 1 heterocycles. The van der Waals surface area contributed by atoms with Gasteiger partial charge in [-0.3, -0.25) is 24.5 Å². The van der Waals surface area contributed by atoms with E-state index in [0.29, 0.717) is 11.3 Å². The highest BCUT2D eigenvalue weighted by Crippen LogP contribution is 2.31. The molecule has 170 valence electrons. The molecule has 0 spiro atoms. The van der Waals surface area contributed by atoms with E-state index in [1.807, 2.05) is 0 Å². The highest BCUT2D eigenvalue weighted by Gasteiger charge is 2.37. The number of benzene rings is 3. The first kappa shape index (κ1) is 22.3. The number of non-ortho nitro benzene ring substituents is 1. The monoisotopic (exact) mass is 460 g/mol. The molecule has 10 nitrogen and oxygen atoms in total. The minimum Gasteiger partial charge on any atom is -0.497 e. The third-order valence-corrected chi connectivity index (χ3v) is 5.17. The molecule has 3 aromatic rings. The average molecular weight is 460 g/mol. The average Bonchev–Trinajstić information content (AvgIpc) is 3.11. The van der Waals surface area contributed by atoms with Gasteiger partial charge in [-0.1, -0.05) is 6.07 Å². The van der Waals surface area contributed by atoms with E-state index in [0.717, 1.165) is 11.0 Å². The van der Waals surface area contributed by atoms with Crippen LogP contribution in [0, 0.1) is 10.1 Å². The van der Waals surface area contributed by atoms with E-state index in [2.05, 4.69) is 0 Å². The first-order chi connectivity index (χ1) is 16.3. The van der Waals surface area contributed by atoms with Crippen LogP contribution in [0.5, 0.6) is 5.75 Å². The summed E-state index contributed by atoms with van der Waals surface area (Å²) in [6.07, 6.45) is 0. The van der Waals surface area contributed by atoms with Crippen molar-refractivity contribution in [3.63, 3.8) is 0 Å². The van der Waals surface area contributed by atoms with Gasteiger partial charge < -0.3 is 9.47 Å². The van der Waals surface area contributed by atoms with Gasteiger partial charge in [0.2, 0.25) is 0 Å². The van der Waals surface area contributed by atoms with Crippen LogP contribution in [0.15, 0.2) is 66.7 Å². The van der Waals surface area contributed by atoms with Crippen molar-refractivity contribution in [1.29, 1.82) is 0 Å². The maximum atomic E-state index is 12.9. The van der Waals surface area contributed by atoms with Gasteiger partial charge in [-0.2, -0.15) is 0 Å². The zero-order valence-electron chi connectivity index (χ0n) is 17.7. The van der Waals surface area contributed by atoms with Crippen LogP contribution < -0.4 is 9.64 Å². The number of hydrogen-bond donors (Lipinski definition) is 0. The maximum absolute atomic E-state index is 12.9. The van der Waals surface area contributed by atoms with Crippen LogP contribution in [0.1, 0.15) is 41.4 Å². The fraction of sp³-hybridized carbons (Fsp3) is 0.0833. The van der Waals surface area contributed by atoms with Gasteiger partial charge in [-0.25, -0.2) is 9.69 Å². The molecular weight excluding hydrogens is 444 g/mol. The molecule has 34 heavy (non-hydrogen) atoms. The molecule has 0 atom stereocenters. The van der Waals surface area contributed by atoms with Crippen LogP contribution in [0.4, 0.5) is 11.4 Å². The van der Waals surface area contributed by atoms with Gasteiger partial charge in [0, 0.05) is 17.7 Å². The number of amides is 2. The van der Waals surface area contributed by atoms with E-state index >= 15 is 0 Å². The molecular formula is C24H16N2O8.